The average molecular weight is 265 g/mol. The first-order chi connectivity index (χ1) is 8.00. The molecule has 0 saturated carbocycles. The summed E-state index contributed by atoms with van der Waals surface area (Å²) in [5, 5.41) is 4.25. The van der Waals surface area contributed by atoms with E-state index in [1.807, 2.05) is 0 Å². The topological polar surface area (TPSA) is 44.1 Å². The van der Waals surface area contributed by atoms with Crippen molar-refractivity contribution in [1.82, 2.24) is 9.78 Å². The van der Waals surface area contributed by atoms with E-state index in [9.17, 15) is 13.6 Å². The van der Waals surface area contributed by atoms with E-state index in [0.717, 1.165) is 0 Å². The summed E-state index contributed by atoms with van der Waals surface area (Å²) < 4.78 is 29.5. The van der Waals surface area contributed by atoms with Crippen molar-refractivity contribution in [2.45, 2.75) is 19.4 Å². The minimum absolute atomic E-state index is 0.0132. The van der Waals surface area contributed by atoms with E-state index < -0.39 is 18.1 Å². The Hall–Kier alpha value is -1.43. The molecule has 1 aromatic heterocycles. The van der Waals surface area contributed by atoms with Gasteiger partial charge in [0.05, 0.1) is 17.8 Å². The maximum absolute atomic E-state index is 11.7. The van der Waals surface area contributed by atoms with Crippen molar-refractivity contribution in [3.05, 3.63) is 29.6 Å². The van der Waals surface area contributed by atoms with Crippen molar-refractivity contribution in [3.8, 4) is 0 Å². The van der Waals surface area contributed by atoms with E-state index in [0.29, 0.717) is 11.1 Å². The monoisotopic (exact) mass is 264 g/mol. The molecule has 1 atom stereocenters. The van der Waals surface area contributed by atoms with Gasteiger partial charge in [0, 0.05) is 12.6 Å². The van der Waals surface area contributed by atoms with Gasteiger partial charge in [-0.2, -0.15) is 13.9 Å². The van der Waals surface area contributed by atoms with Crippen LogP contribution >= 0.6 is 11.6 Å². The summed E-state index contributed by atoms with van der Waals surface area (Å²) in [5.74, 6) is -0.544. The molecule has 0 amide bonds. The molecular weight excluding hydrogens is 254 g/mol. The zero-order valence-corrected chi connectivity index (χ0v) is 9.82. The number of rotatable bonds is 5. The number of hydrogen-bond acceptors (Lipinski definition) is 3. The minimum atomic E-state index is -1.78. The molecule has 0 fully saturated rings. The van der Waals surface area contributed by atoms with Crippen LogP contribution in [0, 0.1) is 0 Å². The van der Waals surface area contributed by atoms with Crippen LogP contribution in [0.4, 0.5) is 8.78 Å². The summed E-state index contributed by atoms with van der Waals surface area (Å²) in [5.41, 5.74) is 0. The Labute approximate surface area is 102 Å². The predicted molar refractivity (Wildman–Crippen MR) is 57.8 cm³/mol. The van der Waals surface area contributed by atoms with E-state index in [-0.39, 0.29) is 13.0 Å². The third kappa shape index (κ3) is 4.52. The zero-order valence-electron chi connectivity index (χ0n) is 9.07. The second-order valence-corrected chi connectivity index (χ2v) is 3.70. The molecule has 0 bridgehead atoms. The molecular formula is C10H11ClF2N2O2. The first-order valence-electron chi connectivity index (χ1n) is 4.88. The van der Waals surface area contributed by atoms with E-state index in [1.165, 1.54) is 17.1 Å². The van der Waals surface area contributed by atoms with Crippen molar-refractivity contribution in [3.63, 3.8) is 0 Å². The lowest BCUT2D eigenvalue weighted by Gasteiger charge is -2.10. The van der Waals surface area contributed by atoms with Crippen LogP contribution < -0.4 is 0 Å². The highest BCUT2D eigenvalue weighted by atomic mass is 35.5. The Morgan fingerprint density at radius 2 is 2.41 bits per heavy atom. The van der Waals surface area contributed by atoms with Gasteiger partial charge in [0.25, 0.3) is 6.08 Å². The molecule has 0 aliphatic carbocycles. The lowest BCUT2D eigenvalue weighted by molar-refractivity contribution is -0.147. The fourth-order valence-electron chi connectivity index (χ4n) is 1.08. The number of halogens is 3. The second-order valence-electron chi connectivity index (χ2n) is 3.26. The lowest BCUT2D eigenvalue weighted by atomic mass is 10.3. The predicted octanol–water partition coefficient (Wildman–Crippen LogP) is 2.81. The molecule has 0 saturated heterocycles. The van der Waals surface area contributed by atoms with Crippen LogP contribution in [0.5, 0.6) is 0 Å². The van der Waals surface area contributed by atoms with E-state index in [2.05, 4.69) is 5.10 Å². The number of carbonyl (C=O) groups is 1. The highest BCUT2D eigenvalue weighted by molar-refractivity contribution is 6.30. The molecule has 0 aromatic carbocycles. The van der Waals surface area contributed by atoms with E-state index in [4.69, 9.17) is 16.3 Å². The smallest absolute Gasteiger partial charge is 0.330 e. The summed E-state index contributed by atoms with van der Waals surface area (Å²) in [6.45, 7) is 1.49. The first-order valence-corrected chi connectivity index (χ1v) is 5.26. The van der Waals surface area contributed by atoms with Gasteiger partial charge in [0.2, 0.25) is 0 Å². The fourth-order valence-corrected chi connectivity index (χ4v) is 1.23. The number of esters is 1. The Balaban J connectivity index is 2.40. The van der Waals surface area contributed by atoms with Crippen LogP contribution in [0.25, 0.3) is 0 Å². The highest BCUT2D eigenvalue weighted by Crippen LogP contribution is 2.12. The Kier molecular flexibility index (Phi) is 5.09. The SMILES string of the molecule is CC(C(=O)OCCC=C(F)F)n1cc(Cl)cn1. The average Bonchev–Trinajstić information content (AvgIpc) is 2.69. The van der Waals surface area contributed by atoms with E-state index in [1.54, 1.807) is 6.92 Å². The number of hydrogen-bond donors (Lipinski definition) is 0. The third-order valence-corrected chi connectivity index (χ3v) is 2.16. The molecule has 0 radical (unpaired) electrons. The highest BCUT2D eigenvalue weighted by Gasteiger charge is 2.16. The Bertz CT molecular complexity index is 416. The molecule has 0 spiro atoms. The van der Waals surface area contributed by atoms with Gasteiger partial charge in [-0.1, -0.05) is 11.6 Å². The number of nitrogens with zero attached hydrogens (tertiary/aromatic N) is 2. The van der Waals surface area contributed by atoms with Crippen molar-refractivity contribution in [2.24, 2.45) is 0 Å². The van der Waals surface area contributed by atoms with Crippen molar-refractivity contribution in [2.75, 3.05) is 6.61 Å². The Morgan fingerprint density at radius 1 is 1.71 bits per heavy atom. The standard InChI is InChI=1S/C10H11ClF2N2O2/c1-7(15-6-8(11)5-14-15)10(16)17-4-2-3-9(12)13/h3,5-7H,2,4H2,1H3. The van der Waals surface area contributed by atoms with Crippen molar-refractivity contribution in [1.29, 1.82) is 0 Å². The zero-order chi connectivity index (χ0) is 12.8. The normalized spacial score (nSPS) is 12.0. The van der Waals surface area contributed by atoms with Gasteiger partial charge in [-0.3, -0.25) is 4.68 Å². The molecule has 1 rings (SSSR count). The van der Waals surface area contributed by atoms with Crippen LogP contribution in [0.15, 0.2) is 24.6 Å². The third-order valence-electron chi connectivity index (χ3n) is 1.97. The lowest BCUT2D eigenvalue weighted by Crippen LogP contribution is -2.19. The molecule has 94 valence electrons. The summed E-state index contributed by atoms with van der Waals surface area (Å²) >= 11 is 5.64. The maximum Gasteiger partial charge on any atom is 0.330 e. The number of ether oxygens (including phenoxy) is 1. The van der Waals surface area contributed by atoms with Gasteiger partial charge in [-0.25, -0.2) is 4.79 Å². The minimum Gasteiger partial charge on any atom is -0.464 e. The number of aromatic nitrogens is 2. The fraction of sp³-hybridized carbons (Fsp3) is 0.400. The molecule has 1 unspecified atom stereocenters. The molecule has 1 heterocycles. The van der Waals surface area contributed by atoms with Crippen molar-refractivity contribution >= 4 is 17.6 Å². The Morgan fingerprint density at radius 3 is 2.94 bits per heavy atom. The van der Waals surface area contributed by atoms with Crippen LogP contribution in [-0.2, 0) is 9.53 Å². The quantitative estimate of drug-likeness (QED) is 0.607. The number of carbonyl (C=O) groups excluding carboxylic acids is 1. The second kappa shape index (κ2) is 6.34. The first kappa shape index (κ1) is 13.6. The molecule has 7 heteroatoms. The van der Waals surface area contributed by atoms with Gasteiger partial charge in [-0.15, -0.1) is 0 Å². The van der Waals surface area contributed by atoms with Crippen LogP contribution in [0.2, 0.25) is 5.02 Å². The van der Waals surface area contributed by atoms with Crippen LogP contribution in [0.1, 0.15) is 19.4 Å². The van der Waals surface area contributed by atoms with Gasteiger partial charge in [-0.05, 0) is 13.0 Å². The van der Waals surface area contributed by atoms with Crippen molar-refractivity contribution < 1.29 is 18.3 Å². The summed E-state index contributed by atoms with van der Waals surface area (Å²) in [4.78, 5) is 11.5. The molecule has 1 aromatic rings. The molecule has 0 aliphatic heterocycles. The molecule has 17 heavy (non-hydrogen) atoms. The van der Waals surface area contributed by atoms with Gasteiger partial charge in [0.15, 0.2) is 0 Å². The van der Waals surface area contributed by atoms with E-state index >= 15 is 0 Å². The van der Waals surface area contributed by atoms with Gasteiger partial charge >= 0.3 is 5.97 Å². The molecule has 0 aliphatic rings. The van der Waals surface area contributed by atoms with Gasteiger partial charge < -0.3 is 4.74 Å². The summed E-state index contributed by atoms with van der Waals surface area (Å²) in [7, 11) is 0. The molecule has 0 N–H and O–H groups in total. The van der Waals surface area contributed by atoms with Crippen LogP contribution in [-0.4, -0.2) is 22.4 Å². The van der Waals surface area contributed by atoms with Gasteiger partial charge in [0.1, 0.15) is 6.04 Å². The molecule has 4 nitrogen and oxygen atoms in total. The van der Waals surface area contributed by atoms with Crippen LogP contribution in [0.3, 0.4) is 0 Å². The maximum atomic E-state index is 11.7. The largest absolute Gasteiger partial charge is 0.464 e. The summed E-state index contributed by atoms with van der Waals surface area (Å²) in [6, 6.07) is -0.637. The summed E-state index contributed by atoms with van der Waals surface area (Å²) in [6.07, 6.45) is 1.78.